The van der Waals surface area contributed by atoms with Crippen LogP contribution in [0.1, 0.15) is 64.1 Å². The Bertz CT molecular complexity index is 867. The molecular weight excluding hydrogens is 454 g/mol. The van der Waals surface area contributed by atoms with Crippen LogP contribution in [0, 0.1) is 6.92 Å². The van der Waals surface area contributed by atoms with Crippen LogP contribution in [0.15, 0.2) is 24.3 Å². The molecule has 1 aromatic carbocycles. The Hall–Kier alpha value is -3.14. The first-order valence-corrected chi connectivity index (χ1v) is 11.7. The summed E-state index contributed by atoms with van der Waals surface area (Å²) in [4.78, 5) is 52.1. The van der Waals surface area contributed by atoms with E-state index >= 15 is 0 Å². The van der Waals surface area contributed by atoms with Crippen LogP contribution in [0.5, 0.6) is 0 Å². The summed E-state index contributed by atoms with van der Waals surface area (Å²) < 4.78 is 9.82. The number of hydrogen-bond donors (Lipinski definition) is 3. The molecule has 0 radical (unpaired) electrons. The van der Waals surface area contributed by atoms with Gasteiger partial charge in [-0.25, -0.2) is 4.79 Å². The number of hydrogen-bond acceptors (Lipinski definition) is 7. The molecule has 1 rings (SSSR count). The van der Waals surface area contributed by atoms with Crippen LogP contribution in [0.25, 0.3) is 0 Å². The fraction of sp³-hybridized carbons (Fsp3) is 0.600. The maximum Gasteiger partial charge on any atom is 0.408 e. The van der Waals surface area contributed by atoms with Crippen LogP contribution in [0.3, 0.4) is 0 Å². The van der Waals surface area contributed by atoms with Gasteiger partial charge in [0.2, 0.25) is 11.8 Å². The number of nitrogens with one attached hydrogen (secondary N) is 2. The molecule has 3 amide bonds. The Labute approximate surface area is 207 Å². The van der Waals surface area contributed by atoms with Gasteiger partial charge in [0.1, 0.15) is 24.2 Å². The van der Waals surface area contributed by atoms with Crippen LogP contribution >= 0.6 is 0 Å². The summed E-state index contributed by atoms with van der Waals surface area (Å²) >= 11 is 0. The second-order valence-electron chi connectivity index (χ2n) is 9.23. The summed E-state index contributed by atoms with van der Waals surface area (Å²) in [6.07, 6.45) is 1.42. The SMILES string of the molecule is CCCCCN(C(=O)C(CO)NC(=O)OC(C)(C)C)C(C(=O)NCC(=O)OC)c1cccc(C)c1. The smallest absolute Gasteiger partial charge is 0.408 e. The zero-order valence-electron chi connectivity index (χ0n) is 21.6. The van der Waals surface area contributed by atoms with Crippen molar-refractivity contribution in [2.24, 2.45) is 0 Å². The van der Waals surface area contributed by atoms with E-state index < -0.39 is 48.2 Å². The number of aliphatic hydroxyl groups excluding tert-OH is 1. The highest BCUT2D eigenvalue weighted by Crippen LogP contribution is 2.24. The minimum Gasteiger partial charge on any atom is -0.468 e. The number of alkyl carbamates (subject to hydrolysis) is 1. The normalized spacial score (nSPS) is 12.8. The third kappa shape index (κ3) is 10.3. The summed E-state index contributed by atoms with van der Waals surface area (Å²) in [5.41, 5.74) is 0.609. The number of carbonyl (C=O) groups is 4. The zero-order valence-corrected chi connectivity index (χ0v) is 21.6. The van der Waals surface area contributed by atoms with Gasteiger partial charge in [0.25, 0.3) is 0 Å². The van der Waals surface area contributed by atoms with Crippen molar-refractivity contribution in [1.82, 2.24) is 15.5 Å². The van der Waals surface area contributed by atoms with E-state index in [4.69, 9.17) is 4.74 Å². The minimum absolute atomic E-state index is 0.198. The van der Waals surface area contributed by atoms with Gasteiger partial charge in [0.05, 0.1) is 13.7 Å². The van der Waals surface area contributed by atoms with Crippen molar-refractivity contribution in [1.29, 1.82) is 0 Å². The van der Waals surface area contributed by atoms with Gasteiger partial charge in [0, 0.05) is 6.54 Å². The first-order valence-electron chi connectivity index (χ1n) is 11.7. The van der Waals surface area contributed by atoms with Gasteiger partial charge in [-0.05, 0) is 39.7 Å². The number of amides is 3. The van der Waals surface area contributed by atoms with Crippen LogP contribution in [0.4, 0.5) is 4.79 Å². The highest BCUT2D eigenvalue weighted by atomic mass is 16.6. The molecule has 0 saturated carbocycles. The van der Waals surface area contributed by atoms with E-state index in [0.29, 0.717) is 12.0 Å². The predicted molar refractivity (Wildman–Crippen MR) is 130 cm³/mol. The summed E-state index contributed by atoms with van der Waals surface area (Å²) in [5, 5.41) is 14.9. The molecule has 2 atom stereocenters. The number of ether oxygens (including phenoxy) is 2. The van der Waals surface area contributed by atoms with E-state index in [1.54, 1.807) is 39.0 Å². The van der Waals surface area contributed by atoms with Crippen molar-refractivity contribution in [3.8, 4) is 0 Å². The Kier molecular flexibility index (Phi) is 12.2. The van der Waals surface area contributed by atoms with Crippen LogP contribution in [0.2, 0.25) is 0 Å². The van der Waals surface area contributed by atoms with Crippen molar-refractivity contribution >= 4 is 23.9 Å². The quantitative estimate of drug-likeness (QED) is 0.300. The van der Waals surface area contributed by atoms with E-state index in [1.807, 2.05) is 19.9 Å². The summed E-state index contributed by atoms with van der Waals surface area (Å²) in [5.74, 6) is -1.86. The van der Waals surface area contributed by atoms with E-state index in [1.165, 1.54) is 12.0 Å². The molecule has 10 heteroatoms. The number of unbranched alkanes of at least 4 members (excludes halogenated alkanes) is 2. The molecule has 0 aliphatic carbocycles. The zero-order chi connectivity index (χ0) is 26.6. The minimum atomic E-state index is -1.33. The maximum atomic E-state index is 13.6. The second-order valence-corrected chi connectivity index (χ2v) is 9.23. The van der Waals surface area contributed by atoms with Gasteiger partial charge in [-0.2, -0.15) is 0 Å². The molecule has 2 unspecified atom stereocenters. The Morgan fingerprint density at radius 2 is 1.83 bits per heavy atom. The lowest BCUT2D eigenvalue weighted by Gasteiger charge is -2.34. The van der Waals surface area contributed by atoms with E-state index in [2.05, 4.69) is 15.4 Å². The first kappa shape index (κ1) is 29.9. The molecule has 10 nitrogen and oxygen atoms in total. The number of carbonyl (C=O) groups excluding carboxylic acids is 4. The lowest BCUT2D eigenvalue weighted by Crippen LogP contribution is -2.54. The summed E-state index contributed by atoms with van der Waals surface area (Å²) in [6.45, 7) is 8.05. The number of aliphatic hydroxyl groups is 1. The van der Waals surface area contributed by atoms with Crippen LogP contribution < -0.4 is 10.6 Å². The number of esters is 1. The van der Waals surface area contributed by atoms with Crippen LogP contribution in [-0.4, -0.2) is 72.3 Å². The summed E-state index contributed by atoms with van der Waals surface area (Å²) in [6, 6.07) is 4.69. The lowest BCUT2D eigenvalue weighted by atomic mass is 10.0. The van der Waals surface area contributed by atoms with E-state index in [9.17, 15) is 24.3 Å². The fourth-order valence-electron chi connectivity index (χ4n) is 3.38. The number of aryl methyl sites for hydroxylation is 1. The Morgan fingerprint density at radius 3 is 2.37 bits per heavy atom. The number of rotatable bonds is 12. The number of methoxy groups -OCH3 is 1. The molecule has 0 fully saturated rings. The molecular formula is C25H39N3O7. The molecule has 0 spiro atoms. The van der Waals surface area contributed by atoms with Crippen molar-refractivity contribution in [2.45, 2.75) is 71.6 Å². The third-order valence-corrected chi connectivity index (χ3v) is 5.01. The molecule has 3 N–H and O–H groups in total. The van der Waals surface area contributed by atoms with Gasteiger partial charge in [0.15, 0.2) is 0 Å². The van der Waals surface area contributed by atoms with Gasteiger partial charge in [-0.3, -0.25) is 14.4 Å². The molecule has 0 bridgehead atoms. The molecule has 0 aromatic heterocycles. The van der Waals surface area contributed by atoms with Gasteiger partial charge in [-0.15, -0.1) is 0 Å². The van der Waals surface area contributed by atoms with Crippen molar-refractivity contribution in [2.75, 3.05) is 26.8 Å². The van der Waals surface area contributed by atoms with Gasteiger partial charge >= 0.3 is 12.1 Å². The first-order chi connectivity index (χ1) is 16.4. The monoisotopic (exact) mass is 493 g/mol. The van der Waals surface area contributed by atoms with Crippen LogP contribution in [-0.2, 0) is 23.9 Å². The molecule has 0 aliphatic heterocycles. The summed E-state index contributed by atoms with van der Waals surface area (Å²) in [7, 11) is 1.21. The molecule has 35 heavy (non-hydrogen) atoms. The second kappa shape index (κ2) is 14.3. The van der Waals surface area contributed by atoms with E-state index in [0.717, 1.165) is 18.4 Å². The average molecular weight is 494 g/mol. The number of benzene rings is 1. The highest BCUT2D eigenvalue weighted by Gasteiger charge is 2.36. The highest BCUT2D eigenvalue weighted by molar-refractivity contribution is 5.93. The third-order valence-electron chi connectivity index (χ3n) is 5.01. The Morgan fingerprint density at radius 1 is 1.14 bits per heavy atom. The predicted octanol–water partition coefficient (Wildman–Crippen LogP) is 2.23. The van der Waals surface area contributed by atoms with Crippen molar-refractivity contribution < 1.29 is 33.8 Å². The van der Waals surface area contributed by atoms with E-state index in [-0.39, 0.29) is 13.1 Å². The largest absolute Gasteiger partial charge is 0.468 e. The average Bonchev–Trinajstić information content (AvgIpc) is 2.78. The van der Waals surface area contributed by atoms with Gasteiger partial charge < -0.3 is 30.1 Å². The molecule has 0 heterocycles. The molecule has 196 valence electrons. The number of nitrogens with zero attached hydrogens (tertiary/aromatic N) is 1. The maximum absolute atomic E-state index is 13.6. The Balaban J connectivity index is 3.36. The van der Waals surface area contributed by atoms with Crippen molar-refractivity contribution in [3.63, 3.8) is 0 Å². The molecule has 0 saturated heterocycles. The molecule has 0 aliphatic rings. The lowest BCUT2D eigenvalue weighted by molar-refractivity contribution is -0.145. The standard InChI is InChI=1S/C25H39N3O7/c1-7-8-9-13-28(23(32)19(16-29)27-24(33)35-25(3,4)5)21(18-12-10-11-17(2)14-18)22(31)26-15-20(30)34-6/h10-12,14,19,21,29H,7-9,13,15-16H2,1-6H3,(H,26,31)(H,27,33). The fourth-order valence-corrected chi connectivity index (χ4v) is 3.38. The molecule has 1 aromatic rings. The van der Waals surface area contributed by atoms with Gasteiger partial charge in [-0.1, -0.05) is 49.6 Å². The topological polar surface area (TPSA) is 134 Å². The van der Waals surface area contributed by atoms with Crippen molar-refractivity contribution in [3.05, 3.63) is 35.4 Å².